The molecule has 1 saturated heterocycles. The molecule has 360 valence electrons. The smallest absolute Gasteiger partial charge is 0.302 e. The van der Waals surface area contributed by atoms with E-state index in [2.05, 4.69) is 87.9 Å². The first kappa shape index (κ1) is 54.8. The summed E-state index contributed by atoms with van der Waals surface area (Å²) in [5, 5.41) is 14.0. The number of hydrogen-bond acceptors (Lipinski definition) is 13. The number of carbonyl (C=O) groups is 4. The highest BCUT2D eigenvalue weighted by atomic mass is 32.1. The summed E-state index contributed by atoms with van der Waals surface area (Å²) >= 11 is 1.49. The van der Waals surface area contributed by atoms with E-state index in [9.17, 15) is 14.4 Å². The average molecular weight is 920 g/mol. The van der Waals surface area contributed by atoms with Crippen LogP contribution in [0.2, 0.25) is 0 Å². The minimum atomic E-state index is -0.664. The Morgan fingerprint density at radius 1 is 1.11 bits per heavy atom. The predicted molar refractivity (Wildman–Crippen MR) is 263 cm³/mol. The molecule has 3 atom stereocenters. The molecule has 4 N–H and O–H groups in total. The van der Waals surface area contributed by atoms with Gasteiger partial charge in [-0.3, -0.25) is 29.7 Å². The van der Waals surface area contributed by atoms with Gasteiger partial charge in [-0.25, -0.2) is 9.99 Å². The van der Waals surface area contributed by atoms with Crippen molar-refractivity contribution in [2.75, 3.05) is 62.0 Å². The van der Waals surface area contributed by atoms with Crippen LogP contribution in [0.15, 0.2) is 41.9 Å². The third-order valence-corrected chi connectivity index (χ3v) is 12.1. The van der Waals surface area contributed by atoms with Crippen molar-refractivity contribution < 1.29 is 28.7 Å². The van der Waals surface area contributed by atoms with E-state index in [1.165, 1.54) is 37.6 Å². The number of esters is 1. The second-order valence-corrected chi connectivity index (χ2v) is 18.8. The highest BCUT2D eigenvalue weighted by molar-refractivity contribution is 7.10. The number of pyridine rings is 1. The molecule has 1 aromatic carbocycles. The summed E-state index contributed by atoms with van der Waals surface area (Å²) in [6, 6.07) is 9.97. The van der Waals surface area contributed by atoms with Crippen LogP contribution in [-0.2, 0) is 48.0 Å². The highest BCUT2D eigenvalue weighted by Gasteiger charge is 2.37. The number of carbonyl (C=O) groups excluding carboxylic acids is 4. The number of aldehydes is 1. The molecule has 4 aromatic rings. The third-order valence-electron chi connectivity index (χ3n) is 11.3. The van der Waals surface area contributed by atoms with Gasteiger partial charge >= 0.3 is 5.97 Å². The molecule has 1 saturated carbocycles. The zero-order chi connectivity index (χ0) is 48.3. The zero-order valence-electron chi connectivity index (χ0n) is 41.2. The maximum atomic E-state index is 13.3. The summed E-state index contributed by atoms with van der Waals surface area (Å²) in [5.74, 6) is -0.292. The normalized spacial score (nSPS) is 15.3. The minimum absolute atomic E-state index is 0.115. The van der Waals surface area contributed by atoms with Crippen LogP contribution in [0.4, 0.5) is 0 Å². The summed E-state index contributed by atoms with van der Waals surface area (Å²) in [5.41, 5.74) is 9.79. The zero-order valence-corrected chi connectivity index (χ0v) is 42.1. The number of nitrogens with one attached hydrogen (secondary N) is 4. The molecule has 2 amide bonds. The SMILES string of the molecule is CCn1c(-c2cccnc2C(C)OC)c(CC(C)(C)COC(C)=O)c2cc(-c3csc(CC(C=O)NC(=O)C(C(C)C)N(C)C4CC4)n3)ccc21.CN1CCCCN1.CNC.CNC=O. The van der Waals surface area contributed by atoms with Gasteiger partial charge in [-0.05, 0) is 103 Å². The van der Waals surface area contributed by atoms with Crippen molar-refractivity contribution in [2.45, 2.75) is 118 Å². The van der Waals surface area contributed by atoms with Gasteiger partial charge in [0.2, 0.25) is 12.3 Å². The molecular formula is C49H77N9O6S. The van der Waals surface area contributed by atoms with Crippen molar-refractivity contribution >= 4 is 46.8 Å². The van der Waals surface area contributed by atoms with E-state index in [4.69, 9.17) is 24.2 Å². The van der Waals surface area contributed by atoms with Gasteiger partial charge < -0.3 is 34.8 Å². The number of hydrazine groups is 1. The van der Waals surface area contributed by atoms with E-state index >= 15 is 0 Å². The van der Waals surface area contributed by atoms with E-state index in [1.807, 2.05) is 53.4 Å². The lowest BCUT2D eigenvalue weighted by Gasteiger charge is -2.31. The number of benzene rings is 1. The molecule has 2 aliphatic rings. The molecule has 16 heteroatoms. The summed E-state index contributed by atoms with van der Waals surface area (Å²) in [7, 11) is 11.1. The molecule has 0 radical (unpaired) electrons. The lowest BCUT2D eigenvalue weighted by molar-refractivity contribution is -0.144. The molecule has 1 aliphatic carbocycles. The molecule has 3 unspecified atom stereocenters. The Bertz CT molecular complexity index is 2090. The number of ether oxygens (including phenoxy) is 2. The fraction of sp³-hybridized carbons (Fsp3) is 0.592. The minimum Gasteiger partial charge on any atom is -0.465 e. The number of aryl methyl sites for hydroxylation is 1. The predicted octanol–water partition coefficient (Wildman–Crippen LogP) is 6.45. The lowest BCUT2D eigenvalue weighted by Crippen LogP contribution is -2.52. The van der Waals surface area contributed by atoms with Crippen LogP contribution in [0.5, 0.6) is 0 Å². The van der Waals surface area contributed by atoms with Gasteiger partial charge in [0, 0.05) is 99.2 Å². The standard InChI is InChI=1S/C40H53N5O5S.C5H12N2.C2H5NO.C2H7N/c1-10-45-34-16-13-27(33-22-51-35(43-33)19-28(21-46)42-39(48)37(24(2)3)44(8)29-14-15-29)18-31(34)32(20-40(6,7)23-50-26(5)47)38(45)30-12-11-17-41-36(30)25(4)49-9;1-7-5-3-2-4-6-7;1-3-2-4;1-3-2/h11-13,16-18,21-22,24-25,28-29,37H,10,14-15,19-20,23H2,1-9H3,(H,42,48);6H,2-5H2,1H3;2H,1H3,(H,3,4);3H,1-2H3. The first-order valence-electron chi connectivity index (χ1n) is 22.8. The number of methoxy groups -OCH3 is 1. The second-order valence-electron chi connectivity index (χ2n) is 17.8. The first-order chi connectivity index (χ1) is 31.0. The summed E-state index contributed by atoms with van der Waals surface area (Å²) < 4.78 is 13.6. The Morgan fingerprint density at radius 2 is 1.80 bits per heavy atom. The van der Waals surface area contributed by atoms with E-state index in [0.29, 0.717) is 25.3 Å². The Kier molecular flexibility index (Phi) is 22.9. The molecule has 15 nitrogen and oxygen atoms in total. The molecule has 1 aliphatic heterocycles. The van der Waals surface area contributed by atoms with Crippen LogP contribution in [0.3, 0.4) is 0 Å². The van der Waals surface area contributed by atoms with Gasteiger partial charge in [0.15, 0.2) is 0 Å². The molecular weight excluding hydrogens is 843 g/mol. The first-order valence-corrected chi connectivity index (χ1v) is 23.7. The number of aromatic nitrogens is 3. The van der Waals surface area contributed by atoms with Crippen molar-refractivity contribution in [3.63, 3.8) is 0 Å². The van der Waals surface area contributed by atoms with Gasteiger partial charge in [-0.2, -0.15) is 0 Å². The number of hydrogen-bond donors (Lipinski definition) is 4. The summed E-state index contributed by atoms with van der Waals surface area (Å²) in [6.45, 7) is 17.3. The number of amides is 2. The molecule has 2 fully saturated rings. The van der Waals surface area contributed by atoms with Crippen molar-refractivity contribution in [1.29, 1.82) is 0 Å². The van der Waals surface area contributed by atoms with Crippen molar-refractivity contribution in [3.8, 4) is 22.5 Å². The van der Waals surface area contributed by atoms with Gasteiger partial charge in [0.05, 0.1) is 46.9 Å². The molecule has 3 aromatic heterocycles. The van der Waals surface area contributed by atoms with Crippen LogP contribution in [-0.4, -0.2) is 129 Å². The van der Waals surface area contributed by atoms with Gasteiger partial charge in [-0.15, -0.1) is 11.3 Å². The van der Waals surface area contributed by atoms with Crippen molar-refractivity contribution in [2.24, 2.45) is 11.3 Å². The maximum Gasteiger partial charge on any atom is 0.302 e. The number of rotatable bonds is 18. The average Bonchev–Trinajstić information content (AvgIpc) is 3.97. The number of likely N-dealkylation sites (N-methyl/N-ethyl adjacent to an activating group) is 1. The number of thiazole rings is 1. The topological polar surface area (TPSA) is 172 Å². The summed E-state index contributed by atoms with van der Waals surface area (Å²) in [6.07, 6.45) is 8.89. The Morgan fingerprint density at radius 3 is 2.32 bits per heavy atom. The Hall–Kier alpha value is -4.58. The van der Waals surface area contributed by atoms with Crippen LogP contribution in [0, 0.1) is 11.3 Å². The lowest BCUT2D eigenvalue weighted by atomic mass is 9.84. The van der Waals surface area contributed by atoms with Gasteiger partial charge in [0.1, 0.15) is 6.29 Å². The quantitative estimate of drug-likeness (QED) is 0.0637. The largest absolute Gasteiger partial charge is 0.465 e. The molecule has 4 heterocycles. The second kappa shape index (κ2) is 27.2. The fourth-order valence-electron chi connectivity index (χ4n) is 7.90. The van der Waals surface area contributed by atoms with E-state index in [-0.39, 0.29) is 42.0 Å². The van der Waals surface area contributed by atoms with Crippen molar-refractivity contribution in [3.05, 3.63) is 58.2 Å². The third kappa shape index (κ3) is 16.4. The molecule has 6 rings (SSSR count). The Balaban J connectivity index is 0.000000692. The molecule has 0 bridgehead atoms. The highest BCUT2D eigenvalue weighted by Crippen LogP contribution is 2.42. The maximum absolute atomic E-state index is 13.3. The van der Waals surface area contributed by atoms with Crippen LogP contribution < -0.4 is 21.4 Å². The number of nitrogens with zero attached hydrogens (tertiary/aromatic N) is 5. The molecule has 0 spiro atoms. The fourth-order valence-corrected chi connectivity index (χ4v) is 8.76. The van der Waals surface area contributed by atoms with Crippen LogP contribution in [0.25, 0.3) is 33.4 Å². The molecule has 65 heavy (non-hydrogen) atoms. The van der Waals surface area contributed by atoms with Gasteiger partial charge in [-0.1, -0.05) is 33.8 Å². The number of fused-ring (bicyclic) bond motifs is 1. The monoisotopic (exact) mass is 920 g/mol. The van der Waals surface area contributed by atoms with Crippen LogP contribution >= 0.6 is 11.3 Å². The van der Waals surface area contributed by atoms with Gasteiger partial charge in [0.25, 0.3) is 0 Å². The van der Waals surface area contributed by atoms with E-state index in [0.717, 1.165) is 81.9 Å². The summed E-state index contributed by atoms with van der Waals surface area (Å²) in [4.78, 5) is 58.2. The van der Waals surface area contributed by atoms with Crippen LogP contribution in [0.1, 0.15) is 96.5 Å². The Labute approximate surface area is 391 Å². The van der Waals surface area contributed by atoms with E-state index in [1.54, 1.807) is 20.4 Å². The van der Waals surface area contributed by atoms with Crippen molar-refractivity contribution in [1.82, 2.24) is 45.8 Å². The van der Waals surface area contributed by atoms with E-state index < -0.39 is 6.04 Å².